The highest BCUT2D eigenvalue weighted by Crippen LogP contribution is 2.32. The second kappa shape index (κ2) is 6.53. The molecule has 26 heavy (non-hydrogen) atoms. The molecule has 0 radical (unpaired) electrons. The Morgan fingerprint density at radius 2 is 1.85 bits per heavy atom. The van der Waals surface area contributed by atoms with Gasteiger partial charge in [0.2, 0.25) is 5.95 Å². The molecular formula is C20H21FN4O. The van der Waals surface area contributed by atoms with Gasteiger partial charge in [-0.2, -0.15) is 0 Å². The average molecular weight is 352 g/mol. The van der Waals surface area contributed by atoms with Crippen LogP contribution in [0.15, 0.2) is 53.3 Å². The van der Waals surface area contributed by atoms with Gasteiger partial charge in [-0.05, 0) is 43.9 Å². The van der Waals surface area contributed by atoms with Crippen LogP contribution in [0, 0.1) is 5.82 Å². The molecule has 1 aromatic heterocycles. The molecule has 0 unspecified atom stereocenters. The van der Waals surface area contributed by atoms with Gasteiger partial charge in [-0.1, -0.05) is 24.3 Å². The summed E-state index contributed by atoms with van der Waals surface area (Å²) >= 11 is 0. The lowest BCUT2D eigenvalue weighted by Crippen LogP contribution is -2.35. The van der Waals surface area contributed by atoms with E-state index in [4.69, 9.17) is 0 Å². The van der Waals surface area contributed by atoms with E-state index < -0.39 is 0 Å². The number of hydrogen-bond donors (Lipinski definition) is 1. The van der Waals surface area contributed by atoms with Crippen molar-refractivity contribution in [3.63, 3.8) is 0 Å². The molecule has 6 heteroatoms. The Morgan fingerprint density at radius 3 is 2.58 bits per heavy atom. The zero-order chi connectivity index (χ0) is 18.3. The minimum Gasteiger partial charge on any atom is -0.340 e. The molecule has 0 bridgehead atoms. The molecule has 5 nitrogen and oxygen atoms in total. The topological polar surface area (TPSA) is 52.2 Å². The molecule has 1 aliphatic heterocycles. The van der Waals surface area contributed by atoms with Crippen molar-refractivity contribution >= 4 is 16.9 Å². The van der Waals surface area contributed by atoms with E-state index in [1.165, 1.54) is 12.1 Å². The molecule has 1 saturated heterocycles. The predicted octanol–water partition coefficient (Wildman–Crippen LogP) is 2.60. The Balaban J connectivity index is 1.70. The number of aromatic nitrogens is 2. The van der Waals surface area contributed by atoms with Gasteiger partial charge in [0.15, 0.2) is 0 Å². The van der Waals surface area contributed by atoms with Gasteiger partial charge >= 0.3 is 0 Å². The molecule has 0 aliphatic carbocycles. The number of rotatable bonds is 3. The lowest BCUT2D eigenvalue weighted by molar-refractivity contribution is 0.292. The third-order valence-corrected chi connectivity index (χ3v) is 5.15. The number of benzene rings is 2. The summed E-state index contributed by atoms with van der Waals surface area (Å²) < 4.78 is 13.3. The second-order valence-corrected chi connectivity index (χ2v) is 7.00. The number of halogens is 1. The summed E-state index contributed by atoms with van der Waals surface area (Å²) in [7, 11) is 4.09. The third-order valence-electron chi connectivity index (χ3n) is 5.15. The highest BCUT2D eigenvalue weighted by Gasteiger charge is 2.36. The van der Waals surface area contributed by atoms with Gasteiger partial charge < -0.3 is 9.80 Å². The number of anilines is 1. The summed E-state index contributed by atoms with van der Waals surface area (Å²) in [5, 5.41) is 0.592. The van der Waals surface area contributed by atoms with Crippen LogP contribution in [-0.2, 0) is 0 Å². The van der Waals surface area contributed by atoms with Gasteiger partial charge in [-0.25, -0.2) is 9.37 Å². The van der Waals surface area contributed by atoms with Crippen molar-refractivity contribution in [2.75, 3.05) is 32.1 Å². The molecule has 4 rings (SSSR count). The molecule has 2 atom stereocenters. The van der Waals surface area contributed by atoms with Crippen LogP contribution in [0.1, 0.15) is 11.5 Å². The van der Waals surface area contributed by atoms with Crippen molar-refractivity contribution < 1.29 is 4.39 Å². The van der Waals surface area contributed by atoms with Crippen LogP contribution in [0.3, 0.4) is 0 Å². The molecule has 2 heterocycles. The Morgan fingerprint density at radius 1 is 1.12 bits per heavy atom. The number of H-pyrrole nitrogens is 1. The fourth-order valence-corrected chi connectivity index (χ4v) is 3.74. The van der Waals surface area contributed by atoms with Crippen LogP contribution in [-0.4, -0.2) is 48.1 Å². The van der Waals surface area contributed by atoms with E-state index in [1.54, 1.807) is 6.07 Å². The number of aromatic amines is 1. The fraction of sp³-hybridized carbons (Fsp3) is 0.300. The normalized spacial score (nSPS) is 20.2. The van der Waals surface area contributed by atoms with E-state index in [9.17, 15) is 9.18 Å². The SMILES string of the molecule is CN(C)[C@@H]1CN(c2nc3ccccc3c(=O)[nH]2)C[C@H]1c1ccc(F)cc1. The molecular weight excluding hydrogens is 331 g/mol. The van der Waals surface area contributed by atoms with E-state index >= 15 is 0 Å². The number of para-hydroxylation sites is 1. The second-order valence-electron chi connectivity index (χ2n) is 7.00. The maximum Gasteiger partial charge on any atom is 0.260 e. The zero-order valence-electron chi connectivity index (χ0n) is 14.8. The lowest BCUT2D eigenvalue weighted by atomic mass is 9.94. The minimum absolute atomic E-state index is 0.128. The first kappa shape index (κ1) is 16.7. The maximum atomic E-state index is 13.3. The zero-order valence-corrected chi connectivity index (χ0v) is 14.8. The van der Waals surface area contributed by atoms with E-state index in [1.807, 2.05) is 44.4 Å². The van der Waals surface area contributed by atoms with Gasteiger partial charge in [-0.15, -0.1) is 0 Å². The molecule has 3 aromatic rings. The summed E-state index contributed by atoms with van der Waals surface area (Å²) in [5.74, 6) is 0.568. The Kier molecular flexibility index (Phi) is 4.20. The van der Waals surface area contributed by atoms with E-state index in [2.05, 4.69) is 19.8 Å². The number of nitrogens with zero attached hydrogens (tertiary/aromatic N) is 3. The minimum atomic E-state index is -0.231. The molecule has 134 valence electrons. The largest absolute Gasteiger partial charge is 0.340 e. The fourth-order valence-electron chi connectivity index (χ4n) is 3.74. The van der Waals surface area contributed by atoms with Gasteiger partial charge in [0.1, 0.15) is 5.82 Å². The summed E-state index contributed by atoms with van der Waals surface area (Å²) in [6.45, 7) is 1.46. The first-order chi connectivity index (χ1) is 12.5. The maximum absolute atomic E-state index is 13.3. The summed E-state index contributed by atoms with van der Waals surface area (Å²) in [5.41, 5.74) is 1.66. The van der Waals surface area contributed by atoms with Crippen molar-refractivity contribution in [3.05, 3.63) is 70.3 Å². The van der Waals surface area contributed by atoms with E-state index in [-0.39, 0.29) is 23.3 Å². The van der Waals surface area contributed by atoms with Crippen LogP contribution >= 0.6 is 0 Å². The quantitative estimate of drug-likeness (QED) is 0.787. The van der Waals surface area contributed by atoms with Crippen LogP contribution in [0.25, 0.3) is 10.9 Å². The molecule has 1 N–H and O–H groups in total. The van der Waals surface area contributed by atoms with Crippen molar-refractivity contribution in [2.45, 2.75) is 12.0 Å². The van der Waals surface area contributed by atoms with Crippen LogP contribution < -0.4 is 10.5 Å². The Hall–Kier alpha value is -2.73. The molecule has 2 aromatic carbocycles. The van der Waals surface area contributed by atoms with Gasteiger partial charge in [0, 0.05) is 25.0 Å². The van der Waals surface area contributed by atoms with Gasteiger partial charge in [-0.3, -0.25) is 9.78 Å². The van der Waals surface area contributed by atoms with Gasteiger partial charge in [0.25, 0.3) is 5.56 Å². The van der Waals surface area contributed by atoms with Crippen molar-refractivity contribution in [2.24, 2.45) is 0 Å². The lowest BCUT2D eigenvalue weighted by Gasteiger charge is -2.25. The molecule has 1 fully saturated rings. The first-order valence-electron chi connectivity index (χ1n) is 8.69. The molecule has 1 aliphatic rings. The number of fused-ring (bicyclic) bond motifs is 1. The van der Waals surface area contributed by atoms with Crippen LogP contribution in [0.4, 0.5) is 10.3 Å². The standard InChI is InChI=1S/C20H21FN4O/c1-24(2)18-12-25(11-16(18)13-7-9-14(21)10-8-13)20-22-17-6-4-3-5-15(17)19(26)23-20/h3-10,16,18H,11-12H2,1-2H3,(H,22,23,26)/t16-,18+/m0/s1. The highest BCUT2D eigenvalue weighted by atomic mass is 19.1. The monoisotopic (exact) mass is 352 g/mol. The highest BCUT2D eigenvalue weighted by molar-refractivity contribution is 5.78. The predicted molar refractivity (Wildman–Crippen MR) is 101 cm³/mol. The third kappa shape index (κ3) is 2.97. The summed E-state index contributed by atoms with van der Waals surface area (Å²) in [6.07, 6.45) is 0. The number of hydrogen-bond acceptors (Lipinski definition) is 4. The van der Waals surface area contributed by atoms with Crippen LogP contribution in [0.5, 0.6) is 0 Å². The van der Waals surface area contributed by atoms with Crippen LogP contribution in [0.2, 0.25) is 0 Å². The first-order valence-corrected chi connectivity index (χ1v) is 8.69. The van der Waals surface area contributed by atoms with E-state index in [0.717, 1.165) is 18.7 Å². The Bertz CT molecular complexity index is 983. The molecule has 0 spiro atoms. The average Bonchev–Trinajstić information content (AvgIpc) is 3.08. The van der Waals surface area contributed by atoms with Crippen molar-refractivity contribution in [3.8, 4) is 0 Å². The molecule has 0 amide bonds. The van der Waals surface area contributed by atoms with E-state index in [0.29, 0.717) is 16.9 Å². The molecule has 0 saturated carbocycles. The van der Waals surface area contributed by atoms with Crippen molar-refractivity contribution in [1.82, 2.24) is 14.9 Å². The van der Waals surface area contributed by atoms with Crippen molar-refractivity contribution in [1.29, 1.82) is 0 Å². The van der Waals surface area contributed by atoms with Gasteiger partial charge in [0.05, 0.1) is 10.9 Å². The number of nitrogens with one attached hydrogen (secondary N) is 1. The smallest absolute Gasteiger partial charge is 0.260 e. The number of likely N-dealkylation sites (N-methyl/N-ethyl adjacent to an activating group) is 1. The summed E-state index contributed by atoms with van der Waals surface area (Å²) in [6, 6.07) is 14.3. The summed E-state index contributed by atoms with van der Waals surface area (Å²) in [4.78, 5) is 24.2. The Labute approximate surface area is 151 Å².